The molecule has 1 heterocycles. The van der Waals surface area contributed by atoms with Crippen LogP contribution in [0.25, 0.3) is 0 Å². The molecule has 1 rings (SSSR count). The molecule has 0 aliphatic heterocycles. The van der Waals surface area contributed by atoms with E-state index in [1.165, 1.54) is 0 Å². The molecule has 1 N–H and O–H groups in total. The normalized spacial score (nSPS) is 10.8. The van der Waals surface area contributed by atoms with Gasteiger partial charge in [0.15, 0.2) is 5.11 Å². The van der Waals surface area contributed by atoms with Gasteiger partial charge in [0, 0.05) is 18.8 Å². The second kappa shape index (κ2) is 14.0. The summed E-state index contributed by atoms with van der Waals surface area (Å²) >= 11 is 6.14. The van der Waals surface area contributed by atoms with Gasteiger partial charge in [-0.2, -0.15) is 5.10 Å². The molecule has 0 bridgehead atoms. The summed E-state index contributed by atoms with van der Waals surface area (Å²) in [5, 5.41) is 5.02. The van der Waals surface area contributed by atoms with Gasteiger partial charge in [-0.05, 0) is 51.0 Å². The quantitative estimate of drug-likeness (QED) is 0.315. The van der Waals surface area contributed by atoms with E-state index in [1.807, 2.05) is 32.0 Å². The summed E-state index contributed by atoms with van der Waals surface area (Å²) in [6.45, 7) is 10.1. The predicted molar refractivity (Wildman–Crippen MR) is 101 cm³/mol. The maximum absolute atomic E-state index is 5.39. The molecule has 1 aromatic heterocycles. The Balaban J connectivity index is 0.00000149. The maximum atomic E-state index is 5.39. The molecule has 0 aromatic carbocycles. The summed E-state index contributed by atoms with van der Waals surface area (Å²) in [6.07, 6.45) is 2.15. The van der Waals surface area contributed by atoms with E-state index in [1.54, 1.807) is 0 Å². The Kier molecular flexibility index (Phi) is 13.8. The van der Waals surface area contributed by atoms with Crippen molar-refractivity contribution in [3.63, 3.8) is 0 Å². The molecular formula is C15H24Cl2CuN4S. The van der Waals surface area contributed by atoms with Gasteiger partial charge in [0.05, 0.1) is 11.4 Å². The van der Waals surface area contributed by atoms with E-state index in [2.05, 4.69) is 54.5 Å². The molecule has 0 saturated heterocycles. The van der Waals surface area contributed by atoms with Crippen LogP contribution >= 0.6 is 32.4 Å². The molecular weight excluding hydrogens is 403 g/mol. The molecule has 0 aliphatic rings. The average molecular weight is 427 g/mol. The zero-order valence-electron chi connectivity index (χ0n) is 13.9. The summed E-state index contributed by atoms with van der Waals surface area (Å²) < 4.78 is 0. The molecule has 8 heteroatoms. The van der Waals surface area contributed by atoms with Gasteiger partial charge in [-0.25, -0.2) is 0 Å². The molecule has 0 radical (unpaired) electrons. The van der Waals surface area contributed by atoms with Gasteiger partial charge >= 0.3 is 33.3 Å². The summed E-state index contributed by atoms with van der Waals surface area (Å²) in [7, 11) is 9.34. The van der Waals surface area contributed by atoms with Gasteiger partial charge in [-0.1, -0.05) is 19.9 Å². The molecule has 0 unspecified atom stereocenters. The van der Waals surface area contributed by atoms with Crippen LogP contribution in [0.15, 0.2) is 23.3 Å². The van der Waals surface area contributed by atoms with E-state index in [0.29, 0.717) is 5.11 Å². The Hall–Kier alpha value is -0.391. The van der Waals surface area contributed by atoms with Gasteiger partial charge in [0.2, 0.25) is 0 Å². The summed E-state index contributed by atoms with van der Waals surface area (Å²) in [5.41, 5.74) is 5.67. The van der Waals surface area contributed by atoms with Gasteiger partial charge < -0.3 is 4.90 Å². The topological polar surface area (TPSA) is 40.5 Å². The van der Waals surface area contributed by atoms with Gasteiger partial charge in [0.1, 0.15) is 0 Å². The summed E-state index contributed by atoms with van der Waals surface area (Å²) in [4.78, 5) is 6.59. The number of nitrogens with one attached hydrogen (secondary N) is 1. The van der Waals surface area contributed by atoms with Crippen molar-refractivity contribution in [2.45, 2.75) is 40.5 Å². The first kappa shape index (κ1) is 22.6. The summed E-state index contributed by atoms with van der Waals surface area (Å²) in [5.74, 6) is 0. The van der Waals surface area contributed by atoms with Gasteiger partial charge in [-0.15, -0.1) is 0 Å². The second-order valence-corrected chi connectivity index (χ2v) is 6.75. The molecule has 0 spiro atoms. The number of nitrogens with zero attached hydrogens (tertiary/aromatic N) is 3. The number of halogens is 2. The van der Waals surface area contributed by atoms with Crippen LogP contribution in [-0.2, 0) is 13.1 Å². The van der Waals surface area contributed by atoms with Gasteiger partial charge in [-0.3, -0.25) is 10.4 Å². The van der Waals surface area contributed by atoms with E-state index < -0.39 is 0 Å². The second-order valence-electron chi connectivity index (χ2n) is 4.81. The molecule has 4 nitrogen and oxygen atoms in total. The fraction of sp³-hybridized carbons (Fsp3) is 0.533. The van der Waals surface area contributed by atoms with Crippen LogP contribution in [0.1, 0.15) is 45.0 Å². The first-order chi connectivity index (χ1) is 11.0. The van der Waals surface area contributed by atoms with Crippen LogP contribution in [0.4, 0.5) is 0 Å². The SMILES string of the molecule is CCCN(CCC)C(=S)N/N=C(\C)c1cccc(C)n1.[Cl][Cu][Cl]. The number of thiocarbonyl (C=S) groups is 1. The number of aryl methyl sites for hydroxylation is 1. The third kappa shape index (κ3) is 10.2. The van der Waals surface area contributed by atoms with Crippen LogP contribution in [0.2, 0.25) is 0 Å². The number of aromatic nitrogens is 1. The molecule has 0 aliphatic carbocycles. The van der Waals surface area contributed by atoms with Crippen molar-refractivity contribution in [3.05, 3.63) is 29.6 Å². The molecule has 23 heavy (non-hydrogen) atoms. The van der Waals surface area contributed by atoms with Crippen LogP contribution in [0.5, 0.6) is 0 Å². The van der Waals surface area contributed by atoms with Crippen molar-refractivity contribution in [1.82, 2.24) is 15.3 Å². The third-order valence-electron chi connectivity index (χ3n) is 2.85. The van der Waals surface area contributed by atoms with E-state index in [9.17, 15) is 0 Å². The van der Waals surface area contributed by atoms with Crippen molar-refractivity contribution in [2.24, 2.45) is 5.10 Å². The minimum absolute atomic E-state index is 0.681. The van der Waals surface area contributed by atoms with E-state index in [-0.39, 0.29) is 0 Å². The van der Waals surface area contributed by atoms with Gasteiger partial charge in [0.25, 0.3) is 0 Å². The van der Waals surface area contributed by atoms with Crippen LogP contribution in [0, 0.1) is 6.92 Å². The zero-order chi connectivity index (χ0) is 17.7. The first-order valence-corrected chi connectivity index (χ1v) is 10.3. The first-order valence-electron chi connectivity index (χ1n) is 7.34. The number of rotatable bonds is 6. The van der Waals surface area contributed by atoms with Crippen LogP contribution in [0.3, 0.4) is 0 Å². The van der Waals surface area contributed by atoms with Crippen molar-refractivity contribution >= 4 is 43.2 Å². The predicted octanol–water partition coefficient (Wildman–Crippen LogP) is 4.49. The molecule has 1 aromatic rings. The van der Waals surface area contributed by atoms with E-state index in [0.717, 1.165) is 56.2 Å². The Morgan fingerprint density at radius 2 is 1.87 bits per heavy atom. The molecule has 135 valence electrons. The van der Waals surface area contributed by atoms with Crippen LogP contribution < -0.4 is 5.43 Å². The molecule has 0 fully saturated rings. The summed E-state index contributed by atoms with van der Waals surface area (Å²) in [6, 6.07) is 5.90. The van der Waals surface area contributed by atoms with E-state index in [4.69, 9.17) is 12.2 Å². The minimum atomic E-state index is 0.681. The molecule has 0 amide bonds. The third-order valence-corrected chi connectivity index (χ3v) is 3.20. The van der Waals surface area contributed by atoms with Crippen LogP contribution in [-0.4, -0.2) is 33.8 Å². The number of hydrogen-bond donors (Lipinski definition) is 1. The van der Waals surface area contributed by atoms with Crippen molar-refractivity contribution in [3.8, 4) is 0 Å². The van der Waals surface area contributed by atoms with Crippen molar-refractivity contribution in [1.29, 1.82) is 0 Å². The fourth-order valence-electron chi connectivity index (χ4n) is 1.86. The van der Waals surface area contributed by atoms with E-state index >= 15 is 0 Å². The Labute approximate surface area is 159 Å². The Morgan fingerprint density at radius 3 is 2.35 bits per heavy atom. The fourth-order valence-corrected chi connectivity index (χ4v) is 2.09. The Morgan fingerprint density at radius 1 is 1.30 bits per heavy atom. The zero-order valence-corrected chi connectivity index (χ0v) is 17.1. The number of pyridine rings is 1. The standard InChI is InChI=1S/C15H24N4S.2ClH.Cu/c1-5-10-19(11-6-2)15(20)18-17-13(4)14-9-7-8-12(3)16-14;;;/h7-9H,5-6,10-11H2,1-4H3,(H,18,20);2*1H;/q;;;+2/p-2/b17-13+;;;. The number of hydrazone groups is 1. The molecule has 0 atom stereocenters. The van der Waals surface area contributed by atoms with Crippen molar-refractivity contribution < 1.29 is 13.1 Å². The number of hydrogen-bond acceptors (Lipinski definition) is 3. The Bertz CT molecular complexity index is 494. The molecule has 0 saturated carbocycles. The van der Waals surface area contributed by atoms with Crippen molar-refractivity contribution in [2.75, 3.05) is 13.1 Å². The monoisotopic (exact) mass is 425 g/mol. The average Bonchev–Trinajstić information content (AvgIpc) is 2.53.